The van der Waals surface area contributed by atoms with E-state index in [1.165, 1.54) is 21.5 Å². The molecule has 6 aromatic rings. The van der Waals surface area contributed by atoms with E-state index in [4.69, 9.17) is 9.72 Å². The lowest BCUT2D eigenvalue weighted by Gasteiger charge is -2.42. The van der Waals surface area contributed by atoms with E-state index in [2.05, 4.69) is 146 Å². The molecule has 5 heterocycles. The third kappa shape index (κ3) is 5.62. The quantitative estimate of drug-likeness (QED) is 0.129. The van der Waals surface area contributed by atoms with Crippen molar-refractivity contribution in [3.63, 3.8) is 0 Å². The zero-order chi connectivity index (χ0) is 35.3. The molecule has 51 heavy (non-hydrogen) atoms. The fraction of sp³-hybridized carbons (Fsp3) is 0.133. The highest BCUT2D eigenvalue weighted by molar-refractivity contribution is 6.96. The number of pyridine rings is 3. The van der Waals surface area contributed by atoms with E-state index in [0.29, 0.717) is 0 Å². The van der Waals surface area contributed by atoms with Crippen LogP contribution in [0.5, 0.6) is 5.75 Å². The summed E-state index contributed by atoms with van der Waals surface area (Å²) in [5.74, 6) is 1.81. The van der Waals surface area contributed by atoms with Crippen molar-refractivity contribution in [3.8, 4) is 39.4 Å². The van der Waals surface area contributed by atoms with Crippen molar-refractivity contribution in [2.45, 2.75) is 39.3 Å². The van der Waals surface area contributed by atoms with Gasteiger partial charge in [0.1, 0.15) is 19.6 Å². The normalized spacial score (nSPS) is 15.5. The van der Waals surface area contributed by atoms with Crippen LogP contribution in [0.15, 0.2) is 163 Å². The Labute approximate surface area is 301 Å². The first kappa shape index (κ1) is 32.4. The number of ether oxygens (including phenoxy) is 1. The zero-order valence-corrected chi connectivity index (χ0v) is 30.7. The predicted octanol–water partition coefficient (Wildman–Crippen LogP) is 10.5. The molecule has 0 aliphatic carbocycles. The first-order valence-corrected chi connectivity index (χ1v) is 20.4. The number of para-hydroxylation sites is 2. The van der Waals surface area contributed by atoms with Crippen LogP contribution in [-0.2, 0) is 5.41 Å². The summed E-state index contributed by atoms with van der Waals surface area (Å²) in [4.78, 5) is 16.0. The Morgan fingerprint density at radius 2 is 1.31 bits per heavy atom. The van der Waals surface area contributed by atoms with Crippen LogP contribution in [0.25, 0.3) is 33.6 Å². The van der Waals surface area contributed by atoms with Gasteiger partial charge in [-0.25, -0.2) is 4.98 Å². The summed E-state index contributed by atoms with van der Waals surface area (Å²) in [5.41, 5.74) is 11.6. The van der Waals surface area contributed by atoms with E-state index in [1.54, 1.807) is 12.4 Å². The summed E-state index contributed by atoms with van der Waals surface area (Å²) in [7, 11) is -2.12. The zero-order valence-electron chi connectivity index (χ0n) is 29.7. The molecular weight excluding hydrogens is 641 g/mol. The molecule has 2 aliphatic rings. The predicted molar refractivity (Wildman–Crippen MR) is 212 cm³/mol. The molecule has 0 saturated carbocycles. The molecule has 0 amide bonds. The number of anilines is 2. The van der Waals surface area contributed by atoms with Gasteiger partial charge in [0.25, 0.3) is 0 Å². The molecule has 3 aromatic heterocycles. The van der Waals surface area contributed by atoms with Crippen LogP contribution >= 0.6 is 0 Å². The molecule has 0 spiro atoms. The lowest BCUT2D eigenvalue weighted by Crippen LogP contribution is -2.47. The molecular formula is C45H40N4OSi. The average Bonchev–Trinajstić information content (AvgIpc) is 3.16. The van der Waals surface area contributed by atoms with Crippen LogP contribution in [0, 0.1) is 0 Å². The number of fused-ring (bicyclic) bond motifs is 3. The van der Waals surface area contributed by atoms with Crippen molar-refractivity contribution >= 4 is 24.6 Å². The van der Waals surface area contributed by atoms with E-state index in [9.17, 15) is 0 Å². The Bertz CT molecular complexity index is 2270. The van der Waals surface area contributed by atoms with Crippen LogP contribution in [0.1, 0.15) is 31.9 Å². The molecule has 0 saturated heterocycles. The summed E-state index contributed by atoms with van der Waals surface area (Å²) < 4.78 is 6.71. The molecule has 8 rings (SSSR count). The number of rotatable bonds is 6. The van der Waals surface area contributed by atoms with E-state index >= 15 is 0 Å². The SMILES string of the molecule is C=C(/C=C\C1=C(C)[Si](C)(C)c2cc(-c3cc(-c4cccnc4)nc(-c4cccnc4)c3)ccc2O1)N1c2ccccc2C(C)(C)c2ccccc21. The molecule has 0 radical (unpaired) electrons. The van der Waals surface area contributed by atoms with Crippen molar-refractivity contribution in [2.24, 2.45) is 0 Å². The minimum Gasteiger partial charge on any atom is -0.458 e. The summed E-state index contributed by atoms with van der Waals surface area (Å²) in [6.07, 6.45) is 11.5. The summed E-state index contributed by atoms with van der Waals surface area (Å²) in [6, 6.07) is 36.2. The molecule has 0 fully saturated rings. The Balaban J connectivity index is 1.14. The van der Waals surface area contributed by atoms with E-state index in [1.807, 2.05) is 36.7 Å². The molecule has 250 valence electrons. The van der Waals surface area contributed by atoms with Gasteiger partial charge in [-0.2, -0.15) is 0 Å². The molecule has 5 nitrogen and oxygen atoms in total. The third-order valence-electron chi connectivity index (χ3n) is 10.6. The Hall–Kier alpha value is -5.85. The first-order chi connectivity index (χ1) is 24.6. The molecule has 0 atom stereocenters. The van der Waals surface area contributed by atoms with E-state index in [-0.39, 0.29) is 5.41 Å². The third-order valence-corrected chi connectivity index (χ3v) is 14.5. The highest BCUT2D eigenvalue weighted by Gasteiger charge is 2.37. The largest absolute Gasteiger partial charge is 0.458 e. The maximum absolute atomic E-state index is 6.71. The van der Waals surface area contributed by atoms with E-state index in [0.717, 1.165) is 62.2 Å². The van der Waals surface area contributed by atoms with Gasteiger partial charge in [-0.15, -0.1) is 0 Å². The lowest BCUT2D eigenvalue weighted by atomic mass is 9.73. The van der Waals surface area contributed by atoms with Crippen LogP contribution in [0.4, 0.5) is 11.4 Å². The second-order valence-electron chi connectivity index (χ2n) is 14.4. The topological polar surface area (TPSA) is 51.1 Å². The van der Waals surface area contributed by atoms with Gasteiger partial charge in [-0.1, -0.05) is 82.1 Å². The molecule has 2 aliphatic heterocycles. The Morgan fingerprint density at radius 1 is 0.725 bits per heavy atom. The standard InChI is InChI=1S/C45H40N4OSi/c1-30(49-40-17-9-7-15-36(40)45(3,4)37-16-8-10-18-41(37)49)19-21-42-31(2)51(5,6)44-27-32(20-22-43(44)50-42)35-25-38(33-13-11-23-46-28-33)48-39(26-35)34-14-12-24-47-29-34/h7-29H,1H2,2-6H3/b21-19-. The monoisotopic (exact) mass is 680 g/mol. The average molecular weight is 681 g/mol. The van der Waals surface area contributed by atoms with Gasteiger partial charge in [0.05, 0.1) is 22.8 Å². The first-order valence-electron chi connectivity index (χ1n) is 17.4. The fourth-order valence-electron chi connectivity index (χ4n) is 7.40. The number of allylic oxidation sites excluding steroid dienone is 3. The van der Waals surface area contributed by atoms with Crippen LogP contribution < -0.4 is 14.8 Å². The molecule has 3 aromatic carbocycles. The highest BCUT2D eigenvalue weighted by atomic mass is 28.3. The number of aromatic nitrogens is 3. The van der Waals surface area contributed by atoms with E-state index < -0.39 is 8.07 Å². The van der Waals surface area contributed by atoms with Gasteiger partial charge >= 0.3 is 0 Å². The second kappa shape index (κ2) is 12.5. The number of nitrogens with zero attached hydrogens (tertiary/aromatic N) is 4. The van der Waals surface area contributed by atoms with Crippen molar-refractivity contribution < 1.29 is 4.74 Å². The van der Waals surface area contributed by atoms with Gasteiger partial charge in [0.15, 0.2) is 0 Å². The summed E-state index contributed by atoms with van der Waals surface area (Å²) in [6.45, 7) is 16.2. The van der Waals surface area contributed by atoms with Crippen molar-refractivity contribution in [1.29, 1.82) is 0 Å². The van der Waals surface area contributed by atoms with Crippen molar-refractivity contribution in [1.82, 2.24) is 15.0 Å². The fourth-order valence-corrected chi connectivity index (χ4v) is 9.82. The van der Waals surface area contributed by atoms with Gasteiger partial charge in [0.2, 0.25) is 0 Å². The lowest BCUT2D eigenvalue weighted by molar-refractivity contribution is 0.440. The molecule has 6 heteroatoms. The smallest absolute Gasteiger partial charge is 0.127 e. The van der Waals surface area contributed by atoms with Crippen molar-refractivity contribution in [3.05, 3.63) is 174 Å². The number of hydrogen-bond acceptors (Lipinski definition) is 5. The van der Waals surface area contributed by atoms with Gasteiger partial charge in [0, 0.05) is 47.0 Å². The van der Waals surface area contributed by atoms with Gasteiger partial charge in [-0.3, -0.25) is 9.97 Å². The molecule has 0 unspecified atom stereocenters. The van der Waals surface area contributed by atoms with Crippen LogP contribution in [0.2, 0.25) is 13.1 Å². The highest BCUT2D eigenvalue weighted by Crippen LogP contribution is 2.50. The summed E-state index contributed by atoms with van der Waals surface area (Å²) >= 11 is 0. The maximum Gasteiger partial charge on any atom is 0.127 e. The number of hydrogen-bond donors (Lipinski definition) is 0. The Morgan fingerprint density at radius 3 is 1.88 bits per heavy atom. The molecule has 0 bridgehead atoms. The van der Waals surface area contributed by atoms with Crippen LogP contribution in [-0.4, -0.2) is 23.0 Å². The van der Waals surface area contributed by atoms with Crippen LogP contribution in [0.3, 0.4) is 0 Å². The van der Waals surface area contributed by atoms with Crippen molar-refractivity contribution in [2.75, 3.05) is 4.90 Å². The van der Waals surface area contributed by atoms with Gasteiger partial charge < -0.3 is 9.64 Å². The minimum atomic E-state index is -2.12. The summed E-state index contributed by atoms with van der Waals surface area (Å²) in [5, 5.41) is 2.57. The minimum absolute atomic E-state index is 0.117. The second-order valence-corrected chi connectivity index (χ2v) is 18.9. The Kier molecular flexibility index (Phi) is 7.92. The van der Waals surface area contributed by atoms with Gasteiger partial charge in [-0.05, 0) is 106 Å². The maximum atomic E-state index is 6.71. The molecule has 0 N–H and O–H groups in total. The number of benzene rings is 3.